The highest BCUT2D eigenvalue weighted by molar-refractivity contribution is 6.32. The third-order valence-electron chi connectivity index (χ3n) is 2.67. The van der Waals surface area contributed by atoms with Crippen molar-refractivity contribution in [3.8, 4) is 0 Å². The summed E-state index contributed by atoms with van der Waals surface area (Å²) in [5, 5.41) is 2.69. The molecule has 2 aromatic rings. The number of hydrogen-bond donors (Lipinski definition) is 1. The summed E-state index contributed by atoms with van der Waals surface area (Å²) in [6.07, 6.45) is 0.513. The number of halogens is 1. The molecule has 1 N–H and O–H groups in total. The van der Waals surface area contributed by atoms with Crippen LogP contribution in [0.3, 0.4) is 0 Å². The SMILES string of the molecule is C[C@@H](OC(=O)c1cccnc1Cl)C(=O)Nc1ccccc1. The molecule has 0 spiro atoms. The summed E-state index contributed by atoms with van der Waals surface area (Å²) in [4.78, 5) is 27.6. The van der Waals surface area contributed by atoms with Gasteiger partial charge in [0.25, 0.3) is 5.91 Å². The van der Waals surface area contributed by atoms with Crippen molar-refractivity contribution >= 4 is 29.2 Å². The van der Waals surface area contributed by atoms with E-state index in [4.69, 9.17) is 16.3 Å². The summed E-state index contributed by atoms with van der Waals surface area (Å²) in [6, 6.07) is 12.0. The Bertz CT molecular complexity index is 646. The molecule has 0 fully saturated rings. The fraction of sp³-hybridized carbons (Fsp3) is 0.133. The third kappa shape index (κ3) is 4.03. The van der Waals surface area contributed by atoms with Crippen molar-refractivity contribution in [3.05, 3.63) is 59.4 Å². The van der Waals surface area contributed by atoms with Crippen LogP contribution in [0.25, 0.3) is 0 Å². The number of para-hydroxylation sites is 1. The first-order valence-electron chi connectivity index (χ1n) is 6.25. The summed E-state index contributed by atoms with van der Waals surface area (Å²) in [5.74, 6) is -1.11. The molecule has 0 aliphatic carbocycles. The second-order valence-electron chi connectivity index (χ2n) is 4.24. The number of nitrogens with zero attached hydrogens (tertiary/aromatic N) is 1. The van der Waals surface area contributed by atoms with Crippen molar-refractivity contribution in [2.24, 2.45) is 0 Å². The molecule has 0 aliphatic heterocycles. The molecule has 0 radical (unpaired) electrons. The molecular weight excluding hydrogens is 292 g/mol. The molecule has 0 saturated heterocycles. The Kier molecular flexibility index (Phi) is 4.90. The lowest BCUT2D eigenvalue weighted by Crippen LogP contribution is -2.30. The topological polar surface area (TPSA) is 68.3 Å². The minimum atomic E-state index is -0.950. The van der Waals surface area contributed by atoms with E-state index >= 15 is 0 Å². The van der Waals surface area contributed by atoms with E-state index in [2.05, 4.69) is 10.3 Å². The zero-order valence-corrected chi connectivity index (χ0v) is 12.0. The first-order chi connectivity index (χ1) is 10.1. The number of esters is 1. The van der Waals surface area contributed by atoms with E-state index in [1.54, 1.807) is 30.3 Å². The van der Waals surface area contributed by atoms with Gasteiger partial charge in [-0.3, -0.25) is 4.79 Å². The lowest BCUT2D eigenvalue weighted by Gasteiger charge is -2.13. The Hall–Kier alpha value is -2.40. The van der Waals surface area contributed by atoms with E-state index in [0.717, 1.165) is 0 Å². The fourth-order valence-corrected chi connectivity index (χ4v) is 1.78. The highest BCUT2D eigenvalue weighted by Gasteiger charge is 2.20. The van der Waals surface area contributed by atoms with Crippen molar-refractivity contribution in [2.75, 3.05) is 5.32 Å². The van der Waals surface area contributed by atoms with E-state index in [1.807, 2.05) is 6.07 Å². The van der Waals surface area contributed by atoms with Gasteiger partial charge in [-0.05, 0) is 31.2 Å². The van der Waals surface area contributed by atoms with E-state index in [-0.39, 0.29) is 10.7 Å². The summed E-state index contributed by atoms with van der Waals surface area (Å²) in [5.41, 5.74) is 0.753. The molecule has 1 atom stereocenters. The van der Waals surface area contributed by atoms with Crippen LogP contribution in [0.5, 0.6) is 0 Å². The fourth-order valence-electron chi connectivity index (χ4n) is 1.58. The maximum absolute atomic E-state index is 11.9. The van der Waals surface area contributed by atoms with Gasteiger partial charge in [0.15, 0.2) is 6.10 Å². The average Bonchev–Trinajstić information content (AvgIpc) is 2.48. The molecule has 6 heteroatoms. The van der Waals surface area contributed by atoms with Crippen LogP contribution in [0.15, 0.2) is 48.7 Å². The Labute approximate surface area is 126 Å². The molecule has 5 nitrogen and oxygen atoms in total. The summed E-state index contributed by atoms with van der Waals surface area (Å²) in [6.45, 7) is 1.49. The van der Waals surface area contributed by atoms with Crippen LogP contribution >= 0.6 is 11.6 Å². The second kappa shape index (κ2) is 6.85. The van der Waals surface area contributed by atoms with Crippen molar-refractivity contribution in [3.63, 3.8) is 0 Å². The molecule has 1 aromatic carbocycles. The summed E-state index contributed by atoms with van der Waals surface area (Å²) >= 11 is 5.80. The van der Waals surface area contributed by atoms with E-state index in [0.29, 0.717) is 5.69 Å². The van der Waals surface area contributed by atoms with Crippen molar-refractivity contribution in [1.29, 1.82) is 0 Å². The lowest BCUT2D eigenvalue weighted by atomic mass is 10.2. The molecule has 0 bridgehead atoms. The maximum atomic E-state index is 11.9. The van der Waals surface area contributed by atoms with Crippen molar-refractivity contribution < 1.29 is 14.3 Å². The van der Waals surface area contributed by atoms with Gasteiger partial charge < -0.3 is 10.1 Å². The number of pyridine rings is 1. The van der Waals surface area contributed by atoms with Crippen LogP contribution in [-0.2, 0) is 9.53 Å². The van der Waals surface area contributed by atoms with Crippen LogP contribution in [-0.4, -0.2) is 23.0 Å². The Balaban J connectivity index is 1.98. The van der Waals surface area contributed by atoms with E-state index < -0.39 is 18.0 Å². The number of amides is 1. The van der Waals surface area contributed by atoms with Gasteiger partial charge >= 0.3 is 5.97 Å². The lowest BCUT2D eigenvalue weighted by molar-refractivity contribution is -0.123. The zero-order valence-electron chi connectivity index (χ0n) is 11.2. The zero-order chi connectivity index (χ0) is 15.2. The highest BCUT2D eigenvalue weighted by atomic mass is 35.5. The smallest absolute Gasteiger partial charge is 0.342 e. The number of rotatable bonds is 4. The van der Waals surface area contributed by atoms with Gasteiger partial charge in [-0.1, -0.05) is 29.8 Å². The van der Waals surface area contributed by atoms with Crippen molar-refractivity contribution in [2.45, 2.75) is 13.0 Å². The molecule has 108 valence electrons. The number of benzene rings is 1. The number of ether oxygens (including phenoxy) is 1. The van der Waals surface area contributed by atoms with Gasteiger partial charge in [0.2, 0.25) is 0 Å². The predicted octanol–water partition coefficient (Wildman–Crippen LogP) is 2.92. The first kappa shape index (κ1) is 15.0. The standard InChI is InChI=1S/C15H13ClN2O3/c1-10(14(19)18-11-6-3-2-4-7-11)21-15(20)12-8-5-9-17-13(12)16/h2-10H,1H3,(H,18,19)/t10-/m1/s1. The molecule has 1 aromatic heterocycles. The number of hydrogen-bond acceptors (Lipinski definition) is 4. The highest BCUT2D eigenvalue weighted by Crippen LogP contribution is 2.14. The van der Waals surface area contributed by atoms with Crippen LogP contribution in [0, 0.1) is 0 Å². The number of carbonyl (C=O) groups is 2. The van der Waals surface area contributed by atoms with Crippen LogP contribution < -0.4 is 5.32 Å². The first-order valence-corrected chi connectivity index (χ1v) is 6.63. The molecule has 1 amide bonds. The van der Waals surface area contributed by atoms with Crippen LogP contribution in [0.1, 0.15) is 17.3 Å². The number of aromatic nitrogens is 1. The van der Waals surface area contributed by atoms with Crippen LogP contribution in [0.2, 0.25) is 5.15 Å². The summed E-state index contributed by atoms with van der Waals surface area (Å²) in [7, 11) is 0. The number of nitrogens with one attached hydrogen (secondary N) is 1. The molecule has 1 heterocycles. The molecule has 0 unspecified atom stereocenters. The summed E-state index contributed by atoms with van der Waals surface area (Å²) < 4.78 is 5.08. The normalized spacial score (nSPS) is 11.5. The van der Waals surface area contributed by atoms with E-state index in [9.17, 15) is 9.59 Å². The Morgan fingerprint density at radius 3 is 2.57 bits per heavy atom. The third-order valence-corrected chi connectivity index (χ3v) is 2.97. The predicted molar refractivity (Wildman–Crippen MR) is 79.2 cm³/mol. The van der Waals surface area contributed by atoms with Crippen molar-refractivity contribution in [1.82, 2.24) is 4.98 Å². The number of anilines is 1. The van der Waals surface area contributed by atoms with Gasteiger partial charge in [0.1, 0.15) is 5.15 Å². The molecular formula is C15H13ClN2O3. The van der Waals surface area contributed by atoms with Gasteiger partial charge in [-0.15, -0.1) is 0 Å². The van der Waals surface area contributed by atoms with Gasteiger partial charge in [0.05, 0.1) is 5.56 Å². The average molecular weight is 305 g/mol. The maximum Gasteiger partial charge on any atom is 0.342 e. The molecule has 0 saturated carbocycles. The molecule has 21 heavy (non-hydrogen) atoms. The Morgan fingerprint density at radius 1 is 1.19 bits per heavy atom. The minimum absolute atomic E-state index is 0.0400. The quantitative estimate of drug-likeness (QED) is 0.696. The van der Waals surface area contributed by atoms with Gasteiger partial charge in [0, 0.05) is 11.9 Å². The Morgan fingerprint density at radius 2 is 1.90 bits per heavy atom. The van der Waals surface area contributed by atoms with Gasteiger partial charge in [-0.2, -0.15) is 0 Å². The van der Waals surface area contributed by atoms with Crippen LogP contribution in [0.4, 0.5) is 5.69 Å². The molecule has 2 rings (SSSR count). The molecule has 0 aliphatic rings. The number of carbonyl (C=O) groups excluding carboxylic acids is 2. The minimum Gasteiger partial charge on any atom is -0.449 e. The van der Waals surface area contributed by atoms with E-state index in [1.165, 1.54) is 19.2 Å². The largest absolute Gasteiger partial charge is 0.449 e. The second-order valence-corrected chi connectivity index (χ2v) is 4.60. The monoisotopic (exact) mass is 304 g/mol. The van der Waals surface area contributed by atoms with Gasteiger partial charge in [-0.25, -0.2) is 9.78 Å².